The number of aromatic nitrogens is 2. The van der Waals surface area contributed by atoms with Gasteiger partial charge in [0.15, 0.2) is 22.5 Å². The summed E-state index contributed by atoms with van der Waals surface area (Å²) in [6.45, 7) is 0. The van der Waals surface area contributed by atoms with Crippen LogP contribution in [0.4, 0.5) is 0 Å². The molecule has 0 aliphatic carbocycles. The molecule has 0 saturated carbocycles. The molecule has 0 amide bonds. The maximum Gasteiger partial charge on any atom is 0.236 e. The zero-order valence-electron chi connectivity index (χ0n) is 8.11. The largest absolute Gasteiger partial charge is 0.743 e. The van der Waals surface area contributed by atoms with Crippen molar-refractivity contribution in [2.45, 2.75) is 5.88 Å². The van der Waals surface area contributed by atoms with Crippen LogP contribution in [0.3, 0.4) is 0 Å². The third-order valence-electron chi connectivity index (χ3n) is 1.88. The highest BCUT2D eigenvalue weighted by atomic mass is 32.2. The predicted molar refractivity (Wildman–Crippen MR) is 51.8 cm³/mol. The van der Waals surface area contributed by atoms with Crippen LogP contribution in [0.5, 0.6) is 0 Å². The number of oxazole rings is 1. The Labute approximate surface area is 91.9 Å². The topological polar surface area (TPSA) is 87.1 Å². The molecule has 0 aliphatic heterocycles. The molecule has 0 spiro atoms. The average Bonchev–Trinajstić information content (AvgIpc) is 2.69. The summed E-state index contributed by atoms with van der Waals surface area (Å²) in [6, 6.07) is 3.24. The first-order valence-corrected chi connectivity index (χ1v) is 5.95. The number of rotatable bonds is 3. The maximum absolute atomic E-state index is 10.5. The molecule has 2 rings (SSSR count). The van der Waals surface area contributed by atoms with E-state index in [1.54, 1.807) is 12.1 Å². The van der Waals surface area contributed by atoms with Gasteiger partial charge in [0.05, 0.1) is 6.20 Å². The predicted octanol–water partition coefficient (Wildman–Crippen LogP) is 0.132. The van der Waals surface area contributed by atoms with Crippen LogP contribution < -0.4 is 4.57 Å². The summed E-state index contributed by atoms with van der Waals surface area (Å²) >= 11 is 0. The van der Waals surface area contributed by atoms with Gasteiger partial charge in [-0.1, -0.05) is 0 Å². The fourth-order valence-corrected chi connectivity index (χ4v) is 1.77. The van der Waals surface area contributed by atoms with Gasteiger partial charge < -0.3 is 8.97 Å². The Kier molecular flexibility index (Phi) is 2.71. The molecule has 2 aromatic rings. The molecule has 2 heterocycles. The monoisotopic (exact) mass is 240 g/mol. The zero-order chi connectivity index (χ0) is 11.6. The Bertz CT molecular complexity index is 560. The second-order valence-corrected chi connectivity index (χ2v) is 4.50. The van der Waals surface area contributed by atoms with Gasteiger partial charge >= 0.3 is 0 Å². The average molecular weight is 240 g/mol. The summed E-state index contributed by atoms with van der Waals surface area (Å²) in [6.07, 6.45) is 5.92. The molecule has 0 aromatic carbocycles. The van der Waals surface area contributed by atoms with Gasteiger partial charge in [0.1, 0.15) is 6.26 Å². The van der Waals surface area contributed by atoms with Crippen molar-refractivity contribution in [3.63, 3.8) is 0 Å². The second-order valence-electron chi connectivity index (χ2n) is 3.13. The Balaban J connectivity index is 2.24. The van der Waals surface area contributed by atoms with Crippen molar-refractivity contribution in [2.24, 2.45) is 0 Å². The molecule has 7 heteroatoms. The Hall–Kier alpha value is -1.73. The van der Waals surface area contributed by atoms with E-state index in [-0.39, 0.29) is 0 Å². The van der Waals surface area contributed by atoms with Gasteiger partial charge in [-0.2, -0.15) is 4.57 Å². The van der Waals surface area contributed by atoms with E-state index in [1.165, 1.54) is 29.4 Å². The number of hydrogen-bond donors (Lipinski definition) is 0. The van der Waals surface area contributed by atoms with Crippen molar-refractivity contribution < 1.29 is 22.0 Å². The van der Waals surface area contributed by atoms with Gasteiger partial charge in [-0.15, -0.1) is 0 Å². The molecular formula is C9H8N2O4S. The van der Waals surface area contributed by atoms with E-state index in [9.17, 15) is 13.0 Å². The molecule has 0 unspecified atom stereocenters. The SMILES string of the molecule is O=S(=O)([O-])C[n+]1ccc(-c2ncco2)cc1. The fraction of sp³-hybridized carbons (Fsp3) is 0.111. The zero-order valence-corrected chi connectivity index (χ0v) is 8.92. The lowest BCUT2D eigenvalue weighted by Crippen LogP contribution is -2.36. The van der Waals surface area contributed by atoms with Crippen molar-refractivity contribution in [3.05, 3.63) is 37.0 Å². The summed E-state index contributed by atoms with van der Waals surface area (Å²) < 4.78 is 37.9. The normalized spacial score (nSPS) is 11.6. The summed E-state index contributed by atoms with van der Waals surface area (Å²) in [7, 11) is -4.27. The number of hydrogen-bond acceptors (Lipinski definition) is 5. The first-order chi connectivity index (χ1) is 7.54. The molecule has 0 fully saturated rings. The molecule has 0 radical (unpaired) electrons. The van der Waals surface area contributed by atoms with Crippen LogP contribution in [0.2, 0.25) is 0 Å². The highest BCUT2D eigenvalue weighted by Crippen LogP contribution is 2.14. The molecule has 0 atom stereocenters. The fourth-order valence-electron chi connectivity index (χ4n) is 1.23. The van der Waals surface area contributed by atoms with E-state index in [4.69, 9.17) is 4.42 Å². The number of nitrogens with zero attached hydrogens (tertiary/aromatic N) is 2. The van der Waals surface area contributed by atoms with E-state index in [0.717, 1.165) is 0 Å². The third kappa shape index (κ3) is 2.65. The van der Waals surface area contributed by atoms with Crippen molar-refractivity contribution >= 4 is 10.1 Å². The van der Waals surface area contributed by atoms with Gasteiger partial charge in [0.25, 0.3) is 0 Å². The molecule has 6 nitrogen and oxygen atoms in total. The molecular weight excluding hydrogens is 232 g/mol. The van der Waals surface area contributed by atoms with Crippen molar-refractivity contribution in [1.82, 2.24) is 4.98 Å². The highest BCUT2D eigenvalue weighted by Gasteiger charge is 2.08. The summed E-state index contributed by atoms with van der Waals surface area (Å²) in [5.41, 5.74) is 0.713. The van der Waals surface area contributed by atoms with Crippen LogP contribution >= 0.6 is 0 Å². The van der Waals surface area contributed by atoms with E-state index >= 15 is 0 Å². The van der Waals surface area contributed by atoms with Gasteiger partial charge in [-0.05, 0) is 0 Å². The molecule has 0 aliphatic rings. The lowest BCUT2D eigenvalue weighted by Gasteiger charge is -2.02. The minimum absolute atomic E-state index is 0.442. The standard InChI is InChI=1S/C9H8N2O4S/c12-16(13,14)7-11-4-1-8(2-5-11)9-10-3-6-15-9/h1-6H,7H2. The minimum Gasteiger partial charge on any atom is -0.743 e. The van der Waals surface area contributed by atoms with Crippen LogP contribution in [0, 0.1) is 0 Å². The van der Waals surface area contributed by atoms with Gasteiger partial charge in [0, 0.05) is 17.7 Å². The van der Waals surface area contributed by atoms with Crippen LogP contribution in [0.1, 0.15) is 0 Å². The first-order valence-electron chi connectivity index (χ1n) is 4.37. The van der Waals surface area contributed by atoms with E-state index < -0.39 is 16.0 Å². The van der Waals surface area contributed by atoms with Crippen LogP contribution in [0.15, 0.2) is 41.4 Å². The smallest absolute Gasteiger partial charge is 0.236 e. The van der Waals surface area contributed by atoms with E-state index in [0.29, 0.717) is 11.5 Å². The Morgan fingerprint density at radius 2 is 2.06 bits per heavy atom. The molecule has 0 N–H and O–H groups in total. The van der Waals surface area contributed by atoms with Crippen molar-refractivity contribution in [2.75, 3.05) is 0 Å². The summed E-state index contributed by atoms with van der Waals surface area (Å²) in [4.78, 5) is 3.93. The summed E-state index contributed by atoms with van der Waals surface area (Å²) in [5, 5.41) is 0. The molecule has 2 aromatic heterocycles. The Morgan fingerprint density at radius 3 is 2.56 bits per heavy atom. The van der Waals surface area contributed by atoms with Crippen LogP contribution in [-0.2, 0) is 16.0 Å². The Morgan fingerprint density at radius 1 is 1.38 bits per heavy atom. The number of pyridine rings is 1. The van der Waals surface area contributed by atoms with Crippen molar-refractivity contribution in [1.29, 1.82) is 0 Å². The minimum atomic E-state index is -4.27. The second kappa shape index (κ2) is 4.03. The van der Waals surface area contributed by atoms with Gasteiger partial charge in [0.2, 0.25) is 11.8 Å². The molecule has 0 bridgehead atoms. The summed E-state index contributed by atoms with van der Waals surface area (Å²) in [5.74, 6) is -0.143. The van der Waals surface area contributed by atoms with E-state index in [1.807, 2.05) is 0 Å². The van der Waals surface area contributed by atoms with Crippen molar-refractivity contribution in [3.8, 4) is 11.5 Å². The van der Waals surface area contributed by atoms with E-state index in [2.05, 4.69) is 4.98 Å². The van der Waals surface area contributed by atoms with Gasteiger partial charge in [-0.25, -0.2) is 13.4 Å². The molecule has 0 saturated heterocycles. The maximum atomic E-state index is 10.5. The van der Waals surface area contributed by atoms with Crippen LogP contribution in [0.25, 0.3) is 11.5 Å². The lowest BCUT2D eigenvalue weighted by atomic mass is 10.3. The quantitative estimate of drug-likeness (QED) is 0.562. The van der Waals surface area contributed by atoms with Gasteiger partial charge in [-0.3, -0.25) is 0 Å². The van der Waals surface area contributed by atoms with Crippen LogP contribution in [-0.4, -0.2) is 18.0 Å². The first kappa shape index (κ1) is 10.8. The third-order valence-corrected chi connectivity index (χ3v) is 2.49. The molecule has 84 valence electrons. The molecule has 16 heavy (non-hydrogen) atoms. The highest BCUT2D eigenvalue weighted by molar-refractivity contribution is 7.84. The lowest BCUT2D eigenvalue weighted by molar-refractivity contribution is -0.678.